The van der Waals surface area contributed by atoms with Crippen molar-refractivity contribution in [1.29, 1.82) is 0 Å². The first-order valence-electron chi connectivity index (χ1n) is 11.4. The number of hydrogen-bond acceptors (Lipinski definition) is 5. The minimum absolute atomic E-state index is 0.0981. The first kappa shape index (κ1) is 24.5. The molecule has 2 aliphatic rings. The third-order valence-corrected chi connectivity index (χ3v) is 7.65. The van der Waals surface area contributed by atoms with E-state index in [9.17, 15) is 9.59 Å². The highest BCUT2D eigenvalue weighted by Crippen LogP contribution is 2.48. The zero-order valence-electron chi connectivity index (χ0n) is 19.9. The van der Waals surface area contributed by atoms with Crippen LogP contribution in [0.25, 0.3) is 5.70 Å². The van der Waals surface area contributed by atoms with E-state index in [4.69, 9.17) is 9.47 Å². The van der Waals surface area contributed by atoms with Crippen LogP contribution >= 0.6 is 31.9 Å². The number of halogens is 2. The number of hydrogen-bond donors (Lipinski definition) is 1. The number of methoxy groups -OCH3 is 1. The first-order valence-corrected chi connectivity index (χ1v) is 13.0. The Kier molecular flexibility index (Phi) is 6.62. The molecule has 1 N–H and O–H groups in total. The topological polar surface area (TPSA) is 64.6 Å². The van der Waals surface area contributed by atoms with Crippen molar-refractivity contribution in [3.8, 4) is 5.75 Å². The summed E-state index contributed by atoms with van der Waals surface area (Å²) in [5.41, 5.74) is 6.79. The van der Waals surface area contributed by atoms with Gasteiger partial charge in [-0.1, -0.05) is 54.1 Å². The van der Waals surface area contributed by atoms with Crippen LogP contribution in [0.15, 0.2) is 86.5 Å². The van der Waals surface area contributed by atoms with E-state index in [1.165, 1.54) is 12.7 Å². The van der Waals surface area contributed by atoms with Crippen molar-refractivity contribution in [2.75, 3.05) is 7.11 Å². The molecule has 5 nitrogen and oxygen atoms in total. The van der Waals surface area contributed by atoms with Crippen LogP contribution in [0, 0.1) is 6.92 Å². The molecule has 7 heteroatoms. The van der Waals surface area contributed by atoms with Gasteiger partial charge in [0.1, 0.15) is 12.4 Å². The van der Waals surface area contributed by atoms with Gasteiger partial charge in [0.2, 0.25) is 0 Å². The van der Waals surface area contributed by atoms with Crippen molar-refractivity contribution in [3.05, 3.63) is 114 Å². The van der Waals surface area contributed by atoms with E-state index in [1.54, 1.807) is 0 Å². The normalized spacial score (nSPS) is 16.5. The van der Waals surface area contributed by atoms with Crippen LogP contribution in [-0.4, -0.2) is 18.9 Å². The Morgan fingerprint density at radius 3 is 2.33 bits per heavy atom. The average Bonchev–Trinajstić information content (AvgIpc) is 3.13. The summed E-state index contributed by atoms with van der Waals surface area (Å²) in [4.78, 5) is 26.5. The molecule has 0 unspecified atom stereocenters. The summed E-state index contributed by atoms with van der Waals surface area (Å²) in [5, 5.41) is 3.30. The van der Waals surface area contributed by atoms with E-state index in [-0.39, 0.29) is 5.78 Å². The molecule has 1 heterocycles. The third kappa shape index (κ3) is 4.20. The zero-order valence-corrected chi connectivity index (χ0v) is 23.1. The lowest BCUT2D eigenvalue weighted by molar-refractivity contribution is -0.136. The van der Waals surface area contributed by atoms with Crippen LogP contribution in [0.5, 0.6) is 5.75 Å². The highest BCUT2D eigenvalue weighted by atomic mass is 79.9. The molecule has 0 radical (unpaired) electrons. The molecule has 0 amide bonds. The van der Waals surface area contributed by atoms with E-state index in [0.29, 0.717) is 43.7 Å². The number of carbonyl (C=O) groups excluding carboxylic acids is 2. The van der Waals surface area contributed by atoms with E-state index in [0.717, 1.165) is 22.4 Å². The average molecular weight is 609 g/mol. The number of ether oxygens (including phenoxy) is 2. The summed E-state index contributed by atoms with van der Waals surface area (Å²) in [5.74, 6) is -0.539. The molecule has 1 atom stereocenters. The van der Waals surface area contributed by atoms with Gasteiger partial charge >= 0.3 is 5.97 Å². The second-order valence-corrected chi connectivity index (χ2v) is 10.6. The summed E-state index contributed by atoms with van der Waals surface area (Å²) >= 11 is 7.31. The largest absolute Gasteiger partial charge is 0.487 e. The molecule has 36 heavy (non-hydrogen) atoms. The molecular weight excluding hydrogens is 586 g/mol. The van der Waals surface area contributed by atoms with E-state index < -0.39 is 11.9 Å². The van der Waals surface area contributed by atoms with Crippen molar-refractivity contribution >= 4 is 49.3 Å². The van der Waals surface area contributed by atoms with Crippen LogP contribution in [0.4, 0.5) is 0 Å². The summed E-state index contributed by atoms with van der Waals surface area (Å²) in [6.45, 7) is 4.28. The zero-order chi connectivity index (χ0) is 25.6. The number of aryl methyl sites for hydroxylation is 1. The molecule has 3 aromatic rings. The Bertz CT molecular complexity index is 1470. The quantitative estimate of drug-likeness (QED) is 0.321. The predicted molar refractivity (Wildman–Crippen MR) is 146 cm³/mol. The maximum absolute atomic E-state index is 13.6. The highest BCUT2D eigenvalue weighted by molar-refractivity contribution is 9.11. The van der Waals surface area contributed by atoms with Gasteiger partial charge in [-0.3, -0.25) is 4.79 Å². The number of allylic oxidation sites excluding steroid dienone is 2. The molecule has 3 aromatic carbocycles. The molecule has 1 aliphatic carbocycles. The minimum atomic E-state index is -0.605. The summed E-state index contributed by atoms with van der Waals surface area (Å²) in [6, 6.07) is 19.4. The van der Waals surface area contributed by atoms with Crippen LogP contribution in [0.3, 0.4) is 0 Å². The smallest absolute Gasteiger partial charge is 0.336 e. The van der Waals surface area contributed by atoms with Gasteiger partial charge in [-0.2, -0.15) is 0 Å². The number of dihydropyridines is 1. The van der Waals surface area contributed by atoms with E-state index in [1.807, 2.05) is 68.4 Å². The molecule has 0 saturated heterocycles. The fourth-order valence-electron chi connectivity index (χ4n) is 4.88. The van der Waals surface area contributed by atoms with Crippen LogP contribution in [0.1, 0.15) is 45.5 Å². The van der Waals surface area contributed by atoms with E-state index >= 15 is 0 Å². The third-order valence-electron chi connectivity index (χ3n) is 6.47. The SMILES string of the molecule is COC(=O)C1=C(C)NC2=C(C(=O)c3ccccc32)[C@H]1c1cc(Br)c(OCc2cccc(C)c2)c(Br)c1. The highest BCUT2D eigenvalue weighted by Gasteiger charge is 2.43. The van der Waals surface area contributed by atoms with Crippen LogP contribution in [-0.2, 0) is 16.1 Å². The number of ketones is 1. The Morgan fingerprint density at radius 2 is 1.67 bits per heavy atom. The maximum atomic E-state index is 13.6. The Hall–Kier alpha value is -3.16. The van der Waals surface area contributed by atoms with Crippen molar-refractivity contribution in [2.24, 2.45) is 0 Å². The van der Waals surface area contributed by atoms with E-state index in [2.05, 4.69) is 43.2 Å². The lowest BCUT2D eigenvalue weighted by Gasteiger charge is -2.29. The van der Waals surface area contributed by atoms with Crippen LogP contribution in [0.2, 0.25) is 0 Å². The lowest BCUT2D eigenvalue weighted by Crippen LogP contribution is -2.29. The number of carbonyl (C=O) groups is 2. The molecule has 0 aromatic heterocycles. The maximum Gasteiger partial charge on any atom is 0.336 e. The van der Waals surface area contributed by atoms with Gasteiger partial charge in [0, 0.05) is 28.3 Å². The second-order valence-electron chi connectivity index (χ2n) is 8.84. The standard InChI is InChI=1S/C29H23Br2NO4/c1-15-7-6-8-17(11-15)14-36-28-21(30)12-18(13-22(28)31)24-23(29(34)35-3)16(2)32-26-19-9-4-5-10-20(19)27(33)25(24)26/h4-13,24,32H,14H2,1-3H3/t24-/m0/s1. The molecular formula is C29H23Br2NO4. The monoisotopic (exact) mass is 607 g/mol. The number of rotatable bonds is 5. The van der Waals surface area contributed by atoms with Crippen LogP contribution < -0.4 is 10.1 Å². The van der Waals surface area contributed by atoms with Gasteiger partial charge in [-0.05, 0) is 69.0 Å². The van der Waals surface area contributed by atoms with Crippen molar-refractivity contribution in [1.82, 2.24) is 5.32 Å². The molecule has 0 spiro atoms. The van der Waals surface area contributed by atoms with Crippen molar-refractivity contribution in [2.45, 2.75) is 26.4 Å². The van der Waals surface area contributed by atoms with Gasteiger partial charge in [-0.15, -0.1) is 0 Å². The lowest BCUT2D eigenvalue weighted by atomic mass is 9.80. The van der Waals surface area contributed by atoms with Gasteiger partial charge in [0.25, 0.3) is 0 Å². The predicted octanol–water partition coefficient (Wildman–Crippen LogP) is 6.84. The fourth-order valence-corrected chi connectivity index (χ4v) is 6.34. The molecule has 1 aliphatic heterocycles. The molecule has 0 bridgehead atoms. The van der Waals surface area contributed by atoms with Gasteiger partial charge < -0.3 is 14.8 Å². The summed E-state index contributed by atoms with van der Waals surface area (Å²) < 4.78 is 12.7. The van der Waals surface area contributed by atoms with Gasteiger partial charge in [0.05, 0.1) is 27.3 Å². The molecule has 0 saturated carbocycles. The number of benzene rings is 3. The summed E-state index contributed by atoms with van der Waals surface area (Å²) in [7, 11) is 1.35. The Balaban J connectivity index is 1.58. The Morgan fingerprint density at radius 1 is 0.972 bits per heavy atom. The fraction of sp³-hybridized carbons (Fsp3) is 0.172. The van der Waals surface area contributed by atoms with Gasteiger partial charge in [0.15, 0.2) is 5.78 Å². The number of esters is 1. The Labute approximate surface area is 226 Å². The molecule has 0 fully saturated rings. The second kappa shape index (κ2) is 9.71. The summed E-state index contributed by atoms with van der Waals surface area (Å²) in [6.07, 6.45) is 0. The minimum Gasteiger partial charge on any atom is -0.487 e. The molecule has 5 rings (SSSR count). The molecule has 182 valence electrons. The van der Waals surface area contributed by atoms with Gasteiger partial charge in [-0.25, -0.2) is 4.79 Å². The van der Waals surface area contributed by atoms with Crippen molar-refractivity contribution in [3.63, 3.8) is 0 Å². The number of fused-ring (bicyclic) bond motifs is 2. The first-order chi connectivity index (χ1) is 17.3. The number of nitrogens with one attached hydrogen (secondary N) is 1. The van der Waals surface area contributed by atoms with Crippen molar-refractivity contribution < 1.29 is 19.1 Å². The number of Topliss-reactive ketones (excluding diaryl/α,β-unsaturated/α-hetero) is 1.